The van der Waals surface area contributed by atoms with Gasteiger partial charge in [0.15, 0.2) is 4.77 Å². The van der Waals surface area contributed by atoms with Crippen molar-refractivity contribution in [1.82, 2.24) is 14.9 Å². The molecule has 1 aromatic heterocycles. The molecule has 6 nitrogen and oxygen atoms in total. The van der Waals surface area contributed by atoms with E-state index in [1.54, 1.807) is 36.4 Å². The molecule has 2 aromatic carbocycles. The molecule has 0 radical (unpaired) electrons. The van der Waals surface area contributed by atoms with Crippen molar-refractivity contribution in [2.24, 2.45) is 0 Å². The number of methoxy groups -OCH3 is 1. The highest BCUT2D eigenvalue weighted by molar-refractivity contribution is 7.71. The molecule has 0 aliphatic carbocycles. The van der Waals surface area contributed by atoms with Crippen LogP contribution in [0.4, 0.5) is 4.39 Å². The molecule has 1 heterocycles. The van der Waals surface area contributed by atoms with E-state index in [1.165, 1.54) is 30.0 Å². The maximum Gasteiger partial charge on any atom is 0.337 e. The topological polar surface area (TPSA) is 76.1 Å². The van der Waals surface area contributed by atoms with Crippen molar-refractivity contribution in [2.75, 3.05) is 7.11 Å². The average molecular weight is 385 g/mol. The van der Waals surface area contributed by atoms with Gasteiger partial charge in [-0.2, -0.15) is 0 Å². The highest BCUT2D eigenvalue weighted by Crippen LogP contribution is 2.14. The summed E-state index contributed by atoms with van der Waals surface area (Å²) in [5.41, 5.74) is 2.13. The first-order valence-electron chi connectivity index (χ1n) is 8.01. The summed E-state index contributed by atoms with van der Waals surface area (Å²) in [7, 11) is 1.32. The standard InChI is InChI=1S/C19H16FN3O3S/c1-26-18(25)13-4-2-12(3-5-13)10-21-17(24)16-11-22-19(27)23(16)15-8-6-14(20)7-9-15/h2-9,11H,10H2,1H3,(H,21,24)(H,22,27). The van der Waals surface area contributed by atoms with E-state index in [4.69, 9.17) is 12.2 Å². The SMILES string of the molecule is COC(=O)c1ccc(CNC(=O)c2c[nH]c(=S)n2-c2ccc(F)cc2)cc1. The predicted molar refractivity (Wildman–Crippen MR) is 99.9 cm³/mol. The Bertz CT molecular complexity index is 1020. The van der Waals surface area contributed by atoms with Crippen LogP contribution < -0.4 is 5.32 Å². The molecular weight excluding hydrogens is 369 g/mol. The third-order valence-electron chi connectivity index (χ3n) is 3.92. The number of aromatic amines is 1. The van der Waals surface area contributed by atoms with Gasteiger partial charge in [-0.25, -0.2) is 9.18 Å². The molecule has 0 saturated heterocycles. The van der Waals surface area contributed by atoms with Crippen LogP contribution in [0.1, 0.15) is 26.4 Å². The summed E-state index contributed by atoms with van der Waals surface area (Å²) in [5, 5.41) is 2.80. The molecule has 3 aromatic rings. The lowest BCUT2D eigenvalue weighted by Crippen LogP contribution is -2.25. The molecule has 1 amide bonds. The lowest BCUT2D eigenvalue weighted by molar-refractivity contribution is 0.0600. The second-order valence-corrected chi connectivity index (χ2v) is 6.05. The number of rotatable bonds is 5. The van der Waals surface area contributed by atoms with Gasteiger partial charge in [-0.3, -0.25) is 9.36 Å². The highest BCUT2D eigenvalue weighted by Gasteiger charge is 2.14. The molecular formula is C19H16FN3O3S. The summed E-state index contributed by atoms with van der Waals surface area (Å²) in [6, 6.07) is 12.4. The van der Waals surface area contributed by atoms with Crippen LogP contribution in [-0.2, 0) is 11.3 Å². The fourth-order valence-electron chi connectivity index (χ4n) is 2.53. The number of ether oxygens (including phenoxy) is 1. The Kier molecular flexibility index (Phi) is 5.46. The number of nitrogens with zero attached hydrogens (tertiary/aromatic N) is 1. The van der Waals surface area contributed by atoms with Gasteiger partial charge < -0.3 is 15.0 Å². The van der Waals surface area contributed by atoms with Crippen molar-refractivity contribution in [3.05, 3.63) is 82.1 Å². The van der Waals surface area contributed by atoms with Crippen LogP contribution in [0.25, 0.3) is 5.69 Å². The molecule has 0 fully saturated rings. The molecule has 0 spiro atoms. The molecule has 0 bridgehead atoms. The molecule has 0 atom stereocenters. The number of H-pyrrole nitrogens is 1. The average Bonchev–Trinajstić information content (AvgIpc) is 3.08. The monoisotopic (exact) mass is 385 g/mol. The molecule has 3 rings (SSSR count). The largest absolute Gasteiger partial charge is 0.465 e. The molecule has 0 unspecified atom stereocenters. The van der Waals surface area contributed by atoms with Gasteiger partial charge in [0.05, 0.1) is 12.7 Å². The number of aromatic nitrogens is 2. The van der Waals surface area contributed by atoms with Crippen LogP contribution in [0.3, 0.4) is 0 Å². The van der Waals surface area contributed by atoms with Crippen molar-refractivity contribution >= 4 is 24.1 Å². The summed E-state index contributed by atoms with van der Waals surface area (Å²) < 4.78 is 19.7. The zero-order chi connectivity index (χ0) is 19.4. The van der Waals surface area contributed by atoms with Gasteiger partial charge in [-0.1, -0.05) is 12.1 Å². The summed E-state index contributed by atoms with van der Waals surface area (Å²) in [6.45, 7) is 0.266. The fraction of sp³-hybridized carbons (Fsp3) is 0.105. The summed E-state index contributed by atoms with van der Waals surface area (Å²) >= 11 is 5.22. The van der Waals surface area contributed by atoms with E-state index in [0.717, 1.165) is 5.56 Å². The maximum atomic E-state index is 13.1. The first kappa shape index (κ1) is 18.5. The number of benzene rings is 2. The number of hydrogen-bond donors (Lipinski definition) is 2. The van der Waals surface area contributed by atoms with Crippen LogP contribution >= 0.6 is 12.2 Å². The lowest BCUT2D eigenvalue weighted by atomic mass is 10.1. The third kappa shape index (κ3) is 4.12. The molecule has 8 heteroatoms. The van der Waals surface area contributed by atoms with E-state index in [1.807, 2.05) is 0 Å². The first-order valence-corrected chi connectivity index (χ1v) is 8.42. The number of hydrogen-bond acceptors (Lipinski definition) is 4. The van der Waals surface area contributed by atoms with Crippen molar-refractivity contribution in [3.8, 4) is 5.69 Å². The van der Waals surface area contributed by atoms with Crippen LogP contribution in [0.15, 0.2) is 54.7 Å². The van der Waals surface area contributed by atoms with Gasteiger partial charge in [-0.05, 0) is 54.2 Å². The number of carbonyl (C=O) groups is 2. The van der Waals surface area contributed by atoms with E-state index in [2.05, 4.69) is 15.0 Å². The third-order valence-corrected chi connectivity index (χ3v) is 4.22. The lowest BCUT2D eigenvalue weighted by Gasteiger charge is -2.09. The molecule has 0 aliphatic heterocycles. The Morgan fingerprint density at radius 3 is 2.44 bits per heavy atom. The Hall–Kier alpha value is -3.26. The minimum Gasteiger partial charge on any atom is -0.465 e. The Labute approximate surface area is 159 Å². The Morgan fingerprint density at radius 1 is 1.15 bits per heavy atom. The molecule has 27 heavy (non-hydrogen) atoms. The van der Waals surface area contributed by atoms with E-state index >= 15 is 0 Å². The molecule has 138 valence electrons. The second-order valence-electron chi connectivity index (χ2n) is 5.66. The van der Waals surface area contributed by atoms with E-state index < -0.39 is 5.97 Å². The van der Waals surface area contributed by atoms with Crippen molar-refractivity contribution in [3.63, 3.8) is 0 Å². The van der Waals surface area contributed by atoms with Crippen LogP contribution in [0.5, 0.6) is 0 Å². The Morgan fingerprint density at radius 2 is 1.81 bits per heavy atom. The van der Waals surface area contributed by atoms with Gasteiger partial charge in [0.25, 0.3) is 5.91 Å². The van der Waals surface area contributed by atoms with Crippen LogP contribution in [0.2, 0.25) is 0 Å². The predicted octanol–water partition coefficient (Wildman–Crippen LogP) is 3.39. The number of carbonyl (C=O) groups excluding carboxylic acids is 2. The van der Waals surface area contributed by atoms with Crippen molar-refractivity contribution in [1.29, 1.82) is 0 Å². The zero-order valence-electron chi connectivity index (χ0n) is 14.4. The molecule has 0 saturated carbocycles. The van der Waals surface area contributed by atoms with Gasteiger partial charge >= 0.3 is 5.97 Å². The van der Waals surface area contributed by atoms with Gasteiger partial charge in [0, 0.05) is 18.4 Å². The van der Waals surface area contributed by atoms with E-state index in [0.29, 0.717) is 21.7 Å². The fourth-order valence-corrected chi connectivity index (χ4v) is 2.79. The summed E-state index contributed by atoms with van der Waals surface area (Å²) in [5.74, 6) is -1.14. The second kappa shape index (κ2) is 7.96. The van der Waals surface area contributed by atoms with Crippen molar-refractivity contribution in [2.45, 2.75) is 6.54 Å². The number of amides is 1. The van der Waals surface area contributed by atoms with Crippen molar-refractivity contribution < 1.29 is 18.7 Å². The minimum atomic E-state index is -0.420. The first-order chi connectivity index (χ1) is 13.0. The van der Waals surface area contributed by atoms with Crippen LogP contribution in [0, 0.1) is 10.6 Å². The number of esters is 1. The molecule has 0 aliphatic rings. The van der Waals surface area contributed by atoms with Gasteiger partial charge in [-0.15, -0.1) is 0 Å². The highest BCUT2D eigenvalue weighted by atomic mass is 32.1. The number of nitrogens with one attached hydrogen (secondary N) is 2. The Balaban J connectivity index is 1.75. The van der Waals surface area contributed by atoms with E-state index in [9.17, 15) is 14.0 Å². The normalized spacial score (nSPS) is 10.4. The smallest absolute Gasteiger partial charge is 0.337 e. The van der Waals surface area contributed by atoms with Crippen LogP contribution in [-0.4, -0.2) is 28.5 Å². The maximum absolute atomic E-state index is 13.1. The summed E-state index contributed by atoms with van der Waals surface area (Å²) in [6.07, 6.45) is 1.50. The summed E-state index contributed by atoms with van der Waals surface area (Å²) in [4.78, 5) is 26.8. The molecule has 2 N–H and O–H groups in total. The minimum absolute atomic E-state index is 0.266. The zero-order valence-corrected chi connectivity index (χ0v) is 15.2. The number of imidazole rings is 1. The number of halogens is 1. The van der Waals surface area contributed by atoms with Gasteiger partial charge in [0.1, 0.15) is 11.5 Å². The van der Waals surface area contributed by atoms with Gasteiger partial charge in [0.2, 0.25) is 0 Å². The van der Waals surface area contributed by atoms with E-state index in [-0.39, 0.29) is 18.3 Å². The quantitative estimate of drug-likeness (QED) is 0.521.